The molecule has 0 bridgehead atoms. The molecule has 0 spiro atoms. The third-order valence-electron chi connectivity index (χ3n) is 5.72. The van der Waals surface area contributed by atoms with Gasteiger partial charge in [-0.05, 0) is 42.0 Å². The number of nitrogens with one attached hydrogen (secondary N) is 1. The number of hydrogen-bond donors (Lipinski definition) is 1. The lowest BCUT2D eigenvalue weighted by atomic mass is 9.92. The molecule has 0 atom stereocenters. The number of carboxylic acids is 1. The SMILES string of the molecule is CC(C)CC(=O)Nc1ccc(Cc2ncc(CC(=O)[O-])c(C3CCCCCC3)n2)cc1. The average molecular weight is 423 g/mol. The van der Waals surface area contributed by atoms with E-state index in [-0.39, 0.29) is 18.2 Å². The highest BCUT2D eigenvalue weighted by molar-refractivity contribution is 5.90. The quantitative estimate of drug-likeness (QED) is 0.653. The van der Waals surface area contributed by atoms with Gasteiger partial charge >= 0.3 is 0 Å². The fourth-order valence-corrected chi connectivity index (χ4v) is 4.21. The summed E-state index contributed by atoms with van der Waals surface area (Å²) >= 11 is 0. The van der Waals surface area contributed by atoms with Gasteiger partial charge < -0.3 is 15.2 Å². The predicted molar refractivity (Wildman–Crippen MR) is 119 cm³/mol. The van der Waals surface area contributed by atoms with Crippen molar-refractivity contribution >= 4 is 17.6 Å². The molecule has 0 aliphatic heterocycles. The minimum Gasteiger partial charge on any atom is -0.550 e. The fraction of sp³-hybridized carbons (Fsp3) is 0.520. The molecule has 1 aliphatic rings. The molecule has 1 heterocycles. The lowest BCUT2D eigenvalue weighted by molar-refractivity contribution is -0.304. The second kappa shape index (κ2) is 11.0. The Balaban J connectivity index is 1.74. The maximum Gasteiger partial charge on any atom is 0.224 e. The van der Waals surface area contributed by atoms with Gasteiger partial charge in [-0.2, -0.15) is 0 Å². The molecule has 1 N–H and O–H groups in total. The highest BCUT2D eigenvalue weighted by Gasteiger charge is 2.20. The number of hydrogen-bond acceptors (Lipinski definition) is 5. The van der Waals surface area contributed by atoms with Crippen molar-refractivity contribution in [2.45, 2.75) is 77.6 Å². The van der Waals surface area contributed by atoms with E-state index in [9.17, 15) is 14.7 Å². The zero-order valence-corrected chi connectivity index (χ0v) is 18.5. The second-order valence-electron chi connectivity index (χ2n) is 8.95. The lowest BCUT2D eigenvalue weighted by Crippen LogP contribution is -2.26. The van der Waals surface area contributed by atoms with E-state index in [1.54, 1.807) is 6.20 Å². The van der Waals surface area contributed by atoms with E-state index in [1.165, 1.54) is 12.8 Å². The molecule has 1 aromatic carbocycles. The number of aromatic nitrogens is 2. The van der Waals surface area contributed by atoms with Crippen LogP contribution in [0.25, 0.3) is 0 Å². The number of carboxylic acid groups (broad SMARTS) is 1. The zero-order chi connectivity index (χ0) is 22.2. The van der Waals surface area contributed by atoms with Gasteiger partial charge in [-0.1, -0.05) is 51.7 Å². The minimum atomic E-state index is -1.10. The molecule has 1 aromatic heterocycles. The van der Waals surface area contributed by atoms with Crippen LogP contribution in [0, 0.1) is 5.92 Å². The standard InChI is InChI=1S/C25H33N3O3/c1-17(2)13-23(29)27-21-11-9-18(10-12-21)14-22-26-16-20(15-24(30)31)25(28-22)19-7-5-3-4-6-8-19/h9-12,16-17,19H,3-8,13-15H2,1-2H3,(H,27,29)(H,30,31)/p-1. The van der Waals surface area contributed by atoms with Crippen LogP contribution in [0.3, 0.4) is 0 Å². The summed E-state index contributed by atoms with van der Waals surface area (Å²) in [5, 5.41) is 14.1. The molecule has 1 aliphatic carbocycles. The molecule has 0 unspecified atom stereocenters. The maximum absolute atomic E-state index is 11.9. The molecule has 1 saturated carbocycles. The Bertz CT molecular complexity index is 885. The molecule has 1 fully saturated rings. The molecule has 0 radical (unpaired) electrons. The summed E-state index contributed by atoms with van der Waals surface area (Å²) in [4.78, 5) is 32.4. The number of anilines is 1. The Morgan fingerprint density at radius 1 is 1.10 bits per heavy atom. The number of amides is 1. The van der Waals surface area contributed by atoms with Gasteiger partial charge in [0.1, 0.15) is 5.82 Å². The largest absolute Gasteiger partial charge is 0.550 e. The number of benzene rings is 1. The van der Waals surface area contributed by atoms with Crippen LogP contribution in [-0.2, 0) is 22.4 Å². The highest BCUT2D eigenvalue weighted by atomic mass is 16.4. The van der Waals surface area contributed by atoms with Gasteiger partial charge in [-0.25, -0.2) is 9.97 Å². The van der Waals surface area contributed by atoms with Crippen molar-refractivity contribution in [3.63, 3.8) is 0 Å². The molecule has 166 valence electrons. The first-order valence-electron chi connectivity index (χ1n) is 11.3. The number of aliphatic carboxylic acids is 1. The van der Waals surface area contributed by atoms with Gasteiger partial charge in [0, 0.05) is 43.0 Å². The van der Waals surface area contributed by atoms with Crippen LogP contribution >= 0.6 is 0 Å². The maximum atomic E-state index is 11.9. The van der Waals surface area contributed by atoms with Gasteiger partial charge in [0.05, 0.1) is 5.69 Å². The Hall–Kier alpha value is -2.76. The van der Waals surface area contributed by atoms with Gasteiger partial charge in [-0.15, -0.1) is 0 Å². The fourth-order valence-electron chi connectivity index (χ4n) is 4.21. The highest BCUT2D eigenvalue weighted by Crippen LogP contribution is 2.32. The third kappa shape index (κ3) is 7.16. The smallest absolute Gasteiger partial charge is 0.224 e. The van der Waals surface area contributed by atoms with Crippen LogP contribution in [0.5, 0.6) is 0 Å². The van der Waals surface area contributed by atoms with Crippen molar-refractivity contribution in [2.24, 2.45) is 5.92 Å². The van der Waals surface area contributed by atoms with Crippen molar-refractivity contribution in [1.29, 1.82) is 0 Å². The average Bonchev–Trinajstić information content (AvgIpc) is 2.99. The van der Waals surface area contributed by atoms with E-state index >= 15 is 0 Å². The molecular formula is C25H32N3O3-. The monoisotopic (exact) mass is 422 g/mol. The summed E-state index contributed by atoms with van der Waals surface area (Å²) in [5.74, 6) is 0.220. The van der Waals surface area contributed by atoms with Crippen molar-refractivity contribution in [2.75, 3.05) is 5.32 Å². The number of carbonyl (C=O) groups excluding carboxylic acids is 2. The summed E-state index contributed by atoms with van der Waals surface area (Å²) in [5.41, 5.74) is 3.38. The zero-order valence-electron chi connectivity index (χ0n) is 18.5. The van der Waals surface area contributed by atoms with Crippen molar-refractivity contribution in [3.8, 4) is 0 Å². The van der Waals surface area contributed by atoms with E-state index in [0.29, 0.717) is 30.1 Å². The first-order chi connectivity index (χ1) is 14.9. The molecule has 6 heteroatoms. The van der Waals surface area contributed by atoms with Gasteiger partial charge in [0.15, 0.2) is 0 Å². The summed E-state index contributed by atoms with van der Waals surface area (Å²) in [7, 11) is 0. The van der Waals surface area contributed by atoms with Gasteiger partial charge in [0.2, 0.25) is 5.91 Å². The van der Waals surface area contributed by atoms with Crippen LogP contribution < -0.4 is 10.4 Å². The topological polar surface area (TPSA) is 95.0 Å². The Kier molecular flexibility index (Phi) is 8.15. The minimum absolute atomic E-state index is 0.0163. The molecule has 3 rings (SSSR count). The Morgan fingerprint density at radius 3 is 2.39 bits per heavy atom. The van der Waals surface area contributed by atoms with Crippen LogP contribution in [0.2, 0.25) is 0 Å². The molecule has 1 amide bonds. The lowest BCUT2D eigenvalue weighted by Gasteiger charge is -2.19. The molecule has 0 saturated heterocycles. The normalized spacial score (nSPS) is 14.9. The summed E-state index contributed by atoms with van der Waals surface area (Å²) in [6.07, 6.45) is 9.42. The van der Waals surface area contributed by atoms with Crippen molar-refractivity contribution in [3.05, 3.63) is 53.1 Å². The van der Waals surface area contributed by atoms with E-state index in [1.807, 2.05) is 38.1 Å². The third-order valence-corrected chi connectivity index (χ3v) is 5.72. The Morgan fingerprint density at radius 2 is 1.77 bits per heavy atom. The first-order valence-corrected chi connectivity index (χ1v) is 11.3. The summed E-state index contributed by atoms with van der Waals surface area (Å²) < 4.78 is 0. The number of nitrogens with zero attached hydrogens (tertiary/aromatic N) is 2. The Labute approximate surface area is 184 Å². The van der Waals surface area contributed by atoms with E-state index in [4.69, 9.17) is 4.98 Å². The predicted octanol–water partition coefficient (Wildman–Crippen LogP) is 3.78. The summed E-state index contributed by atoms with van der Waals surface area (Å²) in [6.45, 7) is 4.04. The molecule has 2 aromatic rings. The van der Waals surface area contributed by atoms with Crippen LogP contribution in [0.1, 0.15) is 87.4 Å². The van der Waals surface area contributed by atoms with Crippen LogP contribution in [-0.4, -0.2) is 21.8 Å². The number of carbonyl (C=O) groups is 2. The van der Waals surface area contributed by atoms with E-state index in [2.05, 4.69) is 10.3 Å². The molecule has 6 nitrogen and oxygen atoms in total. The number of rotatable bonds is 8. The summed E-state index contributed by atoms with van der Waals surface area (Å²) in [6, 6.07) is 7.72. The second-order valence-corrected chi connectivity index (χ2v) is 8.95. The molecular weight excluding hydrogens is 390 g/mol. The van der Waals surface area contributed by atoms with Gasteiger partial charge in [-0.3, -0.25) is 4.79 Å². The van der Waals surface area contributed by atoms with E-state index in [0.717, 1.165) is 42.6 Å². The van der Waals surface area contributed by atoms with E-state index < -0.39 is 5.97 Å². The van der Waals surface area contributed by atoms with Crippen LogP contribution in [0.15, 0.2) is 30.5 Å². The molecule has 31 heavy (non-hydrogen) atoms. The van der Waals surface area contributed by atoms with Gasteiger partial charge in [0.25, 0.3) is 0 Å². The first kappa shape index (κ1) is 22.9. The van der Waals surface area contributed by atoms with Crippen molar-refractivity contribution < 1.29 is 14.7 Å². The van der Waals surface area contributed by atoms with Crippen LogP contribution in [0.4, 0.5) is 5.69 Å². The van der Waals surface area contributed by atoms with Crippen molar-refractivity contribution in [1.82, 2.24) is 9.97 Å².